The van der Waals surface area contributed by atoms with Crippen molar-refractivity contribution in [3.05, 3.63) is 29.3 Å². The summed E-state index contributed by atoms with van der Waals surface area (Å²) in [4.78, 5) is 14.6. The van der Waals surface area contributed by atoms with Crippen LogP contribution in [0.2, 0.25) is 0 Å². The number of ether oxygens (including phenoxy) is 1. The van der Waals surface area contributed by atoms with Gasteiger partial charge in [0.2, 0.25) is 0 Å². The molecule has 0 radical (unpaired) electrons. The first-order valence-electron chi connectivity index (χ1n) is 7.17. The van der Waals surface area contributed by atoms with Gasteiger partial charge in [-0.3, -0.25) is 4.79 Å². The zero-order valence-electron chi connectivity index (χ0n) is 12.4. The van der Waals surface area contributed by atoms with E-state index < -0.39 is 0 Å². The number of benzene rings is 1. The van der Waals surface area contributed by atoms with Gasteiger partial charge in [-0.2, -0.15) is 0 Å². The normalized spacial score (nSPS) is 19.4. The van der Waals surface area contributed by atoms with Gasteiger partial charge in [-0.1, -0.05) is 13.8 Å². The van der Waals surface area contributed by atoms with Crippen LogP contribution in [0.15, 0.2) is 18.2 Å². The van der Waals surface area contributed by atoms with E-state index in [1.165, 1.54) is 0 Å². The molecule has 0 aliphatic carbocycles. The highest BCUT2D eigenvalue weighted by Gasteiger charge is 2.29. The summed E-state index contributed by atoms with van der Waals surface area (Å²) >= 11 is 0. The van der Waals surface area contributed by atoms with Crippen molar-refractivity contribution in [1.29, 1.82) is 0 Å². The van der Waals surface area contributed by atoms with Crippen LogP contribution in [0.1, 0.15) is 36.2 Å². The lowest BCUT2D eigenvalue weighted by molar-refractivity contribution is -0.00750. The van der Waals surface area contributed by atoms with Crippen LogP contribution in [0.25, 0.3) is 0 Å². The van der Waals surface area contributed by atoms with Crippen LogP contribution < -0.4 is 0 Å². The fourth-order valence-corrected chi connectivity index (χ4v) is 2.70. The largest absolute Gasteiger partial charge is 0.508 e. The highest BCUT2D eigenvalue weighted by molar-refractivity contribution is 5.96. The van der Waals surface area contributed by atoms with Crippen LogP contribution in [0, 0.1) is 12.8 Å². The molecule has 0 saturated carbocycles. The molecular weight excluding hydrogens is 254 g/mol. The number of hydrogen-bond acceptors (Lipinski definition) is 3. The Bertz CT molecular complexity index is 485. The molecule has 4 nitrogen and oxygen atoms in total. The molecule has 1 saturated heterocycles. The van der Waals surface area contributed by atoms with Crippen molar-refractivity contribution >= 4 is 5.91 Å². The maximum absolute atomic E-state index is 12.7. The van der Waals surface area contributed by atoms with E-state index in [9.17, 15) is 9.90 Å². The van der Waals surface area contributed by atoms with Crippen LogP contribution in [0.4, 0.5) is 0 Å². The summed E-state index contributed by atoms with van der Waals surface area (Å²) in [5.74, 6) is 0.758. The average Bonchev–Trinajstić information content (AvgIpc) is 2.38. The molecule has 110 valence electrons. The monoisotopic (exact) mass is 277 g/mol. The lowest BCUT2D eigenvalue weighted by Gasteiger charge is -2.37. The third kappa shape index (κ3) is 3.31. The van der Waals surface area contributed by atoms with Crippen LogP contribution in [0.5, 0.6) is 5.75 Å². The Morgan fingerprint density at radius 3 is 2.90 bits per heavy atom. The summed E-state index contributed by atoms with van der Waals surface area (Å²) in [6.45, 7) is 8.01. The Morgan fingerprint density at radius 1 is 1.50 bits per heavy atom. The van der Waals surface area contributed by atoms with Crippen LogP contribution in [0.3, 0.4) is 0 Å². The Balaban J connectivity index is 2.20. The molecule has 1 aromatic carbocycles. The third-order valence-corrected chi connectivity index (χ3v) is 3.67. The molecule has 0 bridgehead atoms. The Hall–Kier alpha value is -1.55. The van der Waals surface area contributed by atoms with E-state index in [4.69, 9.17) is 4.74 Å². The van der Waals surface area contributed by atoms with Gasteiger partial charge in [-0.05, 0) is 43.0 Å². The number of morpholine rings is 1. The summed E-state index contributed by atoms with van der Waals surface area (Å²) in [6, 6.07) is 5.04. The van der Waals surface area contributed by atoms with E-state index in [1.807, 2.05) is 11.8 Å². The molecule has 1 fully saturated rings. The summed E-state index contributed by atoms with van der Waals surface area (Å²) in [6.07, 6.45) is 0.947. The van der Waals surface area contributed by atoms with Crippen molar-refractivity contribution in [3.8, 4) is 5.75 Å². The Labute approximate surface area is 120 Å². The Kier molecular flexibility index (Phi) is 4.65. The molecule has 4 heteroatoms. The number of hydrogen-bond donors (Lipinski definition) is 1. The van der Waals surface area contributed by atoms with Crippen molar-refractivity contribution in [2.24, 2.45) is 5.92 Å². The molecular formula is C16H23NO3. The number of aromatic hydroxyl groups is 1. The zero-order valence-corrected chi connectivity index (χ0v) is 12.4. The highest BCUT2D eigenvalue weighted by atomic mass is 16.5. The minimum absolute atomic E-state index is 0.0384. The highest BCUT2D eigenvalue weighted by Crippen LogP contribution is 2.22. The fraction of sp³-hybridized carbons (Fsp3) is 0.562. The second-order valence-corrected chi connectivity index (χ2v) is 5.86. The minimum atomic E-state index is 0.0384. The number of aryl methyl sites for hydroxylation is 1. The first-order chi connectivity index (χ1) is 9.49. The second kappa shape index (κ2) is 6.27. The van der Waals surface area contributed by atoms with Gasteiger partial charge >= 0.3 is 0 Å². The molecule has 1 aliphatic heterocycles. The molecule has 1 aliphatic rings. The number of nitrogens with zero attached hydrogens (tertiary/aromatic N) is 1. The number of carbonyl (C=O) groups is 1. The fourth-order valence-electron chi connectivity index (χ4n) is 2.70. The third-order valence-electron chi connectivity index (χ3n) is 3.67. The summed E-state index contributed by atoms with van der Waals surface area (Å²) in [7, 11) is 0. The molecule has 1 amide bonds. The van der Waals surface area contributed by atoms with Gasteiger partial charge in [0, 0.05) is 12.1 Å². The van der Waals surface area contributed by atoms with E-state index in [-0.39, 0.29) is 17.7 Å². The predicted octanol–water partition coefficient (Wildman–Crippen LogP) is 2.59. The van der Waals surface area contributed by atoms with E-state index in [0.717, 1.165) is 12.0 Å². The maximum atomic E-state index is 12.7. The predicted molar refractivity (Wildman–Crippen MR) is 77.9 cm³/mol. The van der Waals surface area contributed by atoms with E-state index in [1.54, 1.807) is 18.2 Å². The molecule has 0 aromatic heterocycles. The molecule has 1 N–H and O–H groups in total. The number of amides is 1. The molecule has 2 rings (SSSR count). The molecule has 1 atom stereocenters. The minimum Gasteiger partial charge on any atom is -0.508 e. The van der Waals surface area contributed by atoms with Crippen molar-refractivity contribution < 1.29 is 14.6 Å². The van der Waals surface area contributed by atoms with Gasteiger partial charge in [-0.25, -0.2) is 0 Å². The number of rotatable bonds is 3. The van der Waals surface area contributed by atoms with Gasteiger partial charge in [0.1, 0.15) is 5.75 Å². The van der Waals surface area contributed by atoms with Crippen molar-refractivity contribution in [2.75, 3.05) is 19.8 Å². The van der Waals surface area contributed by atoms with Crippen molar-refractivity contribution in [2.45, 2.75) is 33.2 Å². The summed E-state index contributed by atoms with van der Waals surface area (Å²) in [5.41, 5.74) is 1.48. The quantitative estimate of drug-likeness (QED) is 0.924. The first kappa shape index (κ1) is 14.9. The molecule has 1 aromatic rings. The van der Waals surface area contributed by atoms with Crippen molar-refractivity contribution in [3.63, 3.8) is 0 Å². The van der Waals surface area contributed by atoms with Gasteiger partial charge in [-0.15, -0.1) is 0 Å². The lowest BCUT2D eigenvalue weighted by Crippen LogP contribution is -2.49. The van der Waals surface area contributed by atoms with Gasteiger partial charge in [0.15, 0.2) is 0 Å². The molecule has 0 unspecified atom stereocenters. The van der Waals surface area contributed by atoms with Gasteiger partial charge < -0.3 is 14.7 Å². The number of phenolic OH excluding ortho intramolecular Hbond substituents is 1. The van der Waals surface area contributed by atoms with Gasteiger partial charge in [0.25, 0.3) is 5.91 Å². The van der Waals surface area contributed by atoms with E-state index in [0.29, 0.717) is 31.2 Å². The van der Waals surface area contributed by atoms with E-state index >= 15 is 0 Å². The average molecular weight is 277 g/mol. The molecule has 1 heterocycles. The summed E-state index contributed by atoms with van der Waals surface area (Å²) < 4.78 is 5.51. The maximum Gasteiger partial charge on any atom is 0.254 e. The van der Waals surface area contributed by atoms with Crippen molar-refractivity contribution in [1.82, 2.24) is 4.90 Å². The number of carbonyl (C=O) groups excluding carboxylic acids is 1. The smallest absolute Gasteiger partial charge is 0.254 e. The SMILES string of the molecule is Cc1cc(O)ccc1C(=O)N1CCOC[C@@H]1CC(C)C. The van der Waals surface area contributed by atoms with Gasteiger partial charge in [0.05, 0.1) is 19.3 Å². The molecule has 0 spiro atoms. The zero-order chi connectivity index (χ0) is 14.7. The van der Waals surface area contributed by atoms with Crippen LogP contribution in [-0.4, -0.2) is 41.7 Å². The standard InChI is InChI=1S/C16H23NO3/c1-11(2)8-13-10-20-7-6-17(13)16(19)15-5-4-14(18)9-12(15)3/h4-5,9,11,13,18H,6-8,10H2,1-3H3/t13-/m0/s1. The number of phenols is 1. The van der Waals surface area contributed by atoms with Crippen LogP contribution in [-0.2, 0) is 4.74 Å². The summed E-state index contributed by atoms with van der Waals surface area (Å²) in [5, 5.41) is 9.46. The van der Waals surface area contributed by atoms with Crippen LogP contribution >= 0.6 is 0 Å². The Morgan fingerprint density at radius 2 is 2.25 bits per heavy atom. The first-order valence-corrected chi connectivity index (χ1v) is 7.17. The molecule has 20 heavy (non-hydrogen) atoms. The second-order valence-electron chi connectivity index (χ2n) is 5.86. The van der Waals surface area contributed by atoms with E-state index in [2.05, 4.69) is 13.8 Å². The lowest BCUT2D eigenvalue weighted by atomic mass is 10.00. The topological polar surface area (TPSA) is 49.8 Å².